The van der Waals surface area contributed by atoms with Gasteiger partial charge in [-0.2, -0.15) is 8.61 Å². The fraction of sp³-hybridized carbons (Fsp3) is 0.647. The standard InChI is InChI=1S/C34H52N2O4S2/c1-19(2)25-13-27(21(5)6)33(28(14-25)22(7)8)41(37,38)35-17-31-32(18-35)36(31)42(39,40)34-29(23(9)10)15-26(20(3)4)16-30(34)24(11)12/h13-16,19-24,31-32H,17-18H2,1-12H3. The second-order valence-corrected chi connectivity index (χ2v) is 17.9. The van der Waals surface area contributed by atoms with Crippen molar-refractivity contribution in [2.75, 3.05) is 13.1 Å². The molecule has 2 aromatic rings. The number of hydrogen-bond acceptors (Lipinski definition) is 4. The molecule has 4 rings (SSSR count). The first-order valence-electron chi connectivity index (χ1n) is 15.7. The average Bonchev–Trinajstić information content (AvgIpc) is 3.41. The van der Waals surface area contributed by atoms with Crippen molar-refractivity contribution in [2.45, 2.75) is 140 Å². The molecule has 42 heavy (non-hydrogen) atoms. The molecule has 0 aromatic heterocycles. The maximum atomic E-state index is 14.3. The summed E-state index contributed by atoms with van der Waals surface area (Å²) in [6, 6.07) is 7.56. The number of piperazine rings is 1. The van der Waals surface area contributed by atoms with Gasteiger partial charge < -0.3 is 0 Å². The third-order valence-electron chi connectivity index (χ3n) is 9.08. The van der Waals surface area contributed by atoms with Crippen LogP contribution in [0, 0.1) is 0 Å². The molecule has 2 atom stereocenters. The van der Waals surface area contributed by atoms with Gasteiger partial charge in [0.1, 0.15) is 0 Å². The molecule has 0 aliphatic carbocycles. The first-order chi connectivity index (χ1) is 19.3. The minimum Gasteiger partial charge on any atom is -0.207 e. The molecular formula is C34H52N2O4S2. The van der Waals surface area contributed by atoms with Gasteiger partial charge in [-0.3, -0.25) is 0 Å². The number of benzene rings is 2. The number of nitrogens with zero attached hydrogens (tertiary/aromatic N) is 2. The normalized spacial score (nSPS) is 21.5. The van der Waals surface area contributed by atoms with Crippen LogP contribution in [0.3, 0.4) is 0 Å². The highest BCUT2D eigenvalue weighted by molar-refractivity contribution is 7.90. The highest BCUT2D eigenvalue weighted by Gasteiger charge is 2.63. The highest BCUT2D eigenvalue weighted by Crippen LogP contribution is 2.47. The summed E-state index contributed by atoms with van der Waals surface area (Å²) in [5, 5.41) is 0. The molecule has 2 fully saturated rings. The quantitative estimate of drug-likeness (QED) is 0.255. The summed E-state index contributed by atoms with van der Waals surface area (Å²) in [6.45, 7) is 25.3. The maximum Gasteiger partial charge on any atom is 0.244 e. The van der Waals surface area contributed by atoms with Gasteiger partial charge in [0.2, 0.25) is 20.0 Å². The van der Waals surface area contributed by atoms with Gasteiger partial charge in [0.05, 0.1) is 21.9 Å². The largest absolute Gasteiger partial charge is 0.244 e. The molecule has 0 bridgehead atoms. The van der Waals surface area contributed by atoms with Crippen LogP contribution in [-0.2, 0) is 20.0 Å². The lowest BCUT2D eigenvalue weighted by Gasteiger charge is -2.28. The smallest absolute Gasteiger partial charge is 0.207 e. The Morgan fingerprint density at radius 2 is 0.786 bits per heavy atom. The number of hydrogen-bond donors (Lipinski definition) is 0. The van der Waals surface area contributed by atoms with Crippen LogP contribution in [0.4, 0.5) is 0 Å². The van der Waals surface area contributed by atoms with Crippen molar-refractivity contribution in [3.8, 4) is 0 Å². The minimum atomic E-state index is -3.82. The monoisotopic (exact) mass is 616 g/mol. The third-order valence-corrected chi connectivity index (χ3v) is 13.1. The predicted molar refractivity (Wildman–Crippen MR) is 173 cm³/mol. The zero-order valence-electron chi connectivity index (χ0n) is 27.7. The summed E-state index contributed by atoms with van der Waals surface area (Å²) in [6.07, 6.45) is 0. The minimum absolute atomic E-state index is 0.0395. The molecule has 0 saturated carbocycles. The fourth-order valence-corrected chi connectivity index (χ4v) is 11.0. The van der Waals surface area contributed by atoms with Crippen LogP contribution in [-0.4, -0.2) is 50.6 Å². The van der Waals surface area contributed by atoms with Gasteiger partial charge in [-0.05, 0) is 68.9 Å². The second kappa shape index (κ2) is 11.6. The Balaban J connectivity index is 1.72. The van der Waals surface area contributed by atoms with Crippen LogP contribution in [0.5, 0.6) is 0 Å². The lowest BCUT2D eigenvalue weighted by atomic mass is 9.89. The zero-order valence-corrected chi connectivity index (χ0v) is 29.3. The van der Waals surface area contributed by atoms with E-state index >= 15 is 0 Å². The van der Waals surface area contributed by atoms with E-state index in [0.29, 0.717) is 9.79 Å². The van der Waals surface area contributed by atoms with Crippen LogP contribution in [0.15, 0.2) is 34.1 Å². The van der Waals surface area contributed by atoms with E-state index in [2.05, 4.69) is 52.0 Å². The van der Waals surface area contributed by atoms with Gasteiger partial charge in [-0.25, -0.2) is 16.8 Å². The molecule has 2 saturated heterocycles. The van der Waals surface area contributed by atoms with E-state index in [0.717, 1.165) is 33.4 Å². The van der Waals surface area contributed by atoms with E-state index in [1.54, 1.807) is 4.31 Å². The van der Waals surface area contributed by atoms with E-state index < -0.39 is 20.0 Å². The van der Waals surface area contributed by atoms with E-state index in [4.69, 9.17) is 0 Å². The highest BCUT2D eigenvalue weighted by atomic mass is 32.2. The van der Waals surface area contributed by atoms with Gasteiger partial charge in [-0.1, -0.05) is 107 Å². The number of rotatable bonds is 10. The van der Waals surface area contributed by atoms with Gasteiger partial charge in [-0.15, -0.1) is 0 Å². The number of fused-ring (bicyclic) bond motifs is 1. The molecule has 234 valence electrons. The van der Waals surface area contributed by atoms with E-state index in [1.165, 1.54) is 4.31 Å². The molecule has 0 spiro atoms. The molecule has 6 nitrogen and oxygen atoms in total. The molecule has 2 aromatic carbocycles. The third kappa shape index (κ3) is 5.73. The Kier molecular flexibility index (Phi) is 9.19. The Bertz CT molecular complexity index is 1380. The van der Waals surface area contributed by atoms with Crippen molar-refractivity contribution in [3.63, 3.8) is 0 Å². The predicted octanol–water partition coefficient (Wildman–Crippen LogP) is 7.87. The van der Waals surface area contributed by atoms with Crippen LogP contribution >= 0.6 is 0 Å². The molecule has 0 radical (unpaired) electrons. The Labute approximate surface area is 256 Å². The van der Waals surface area contributed by atoms with Crippen molar-refractivity contribution < 1.29 is 16.8 Å². The zero-order chi connectivity index (χ0) is 31.6. The fourth-order valence-electron chi connectivity index (χ4n) is 6.37. The van der Waals surface area contributed by atoms with Gasteiger partial charge in [0.15, 0.2) is 0 Å². The van der Waals surface area contributed by atoms with E-state index in [-0.39, 0.29) is 60.7 Å². The van der Waals surface area contributed by atoms with Crippen LogP contribution in [0.1, 0.15) is 152 Å². The summed E-state index contributed by atoms with van der Waals surface area (Å²) in [4.78, 5) is 0.843. The molecule has 2 aliphatic rings. The lowest BCUT2D eigenvalue weighted by Crippen LogP contribution is -2.37. The Morgan fingerprint density at radius 1 is 0.500 bits per heavy atom. The molecule has 0 amide bonds. The molecule has 2 aliphatic heterocycles. The lowest BCUT2D eigenvalue weighted by molar-refractivity contribution is 0.406. The van der Waals surface area contributed by atoms with Gasteiger partial charge >= 0.3 is 0 Å². The molecule has 2 heterocycles. The maximum absolute atomic E-state index is 14.3. The van der Waals surface area contributed by atoms with Crippen molar-refractivity contribution in [3.05, 3.63) is 57.6 Å². The van der Waals surface area contributed by atoms with Crippen molar-refractivity contribution in [2.24, 2.45) is 0 Å². The van der Waals surface area contributed by atoms with E-state index in [9.17, 15) is 16.8 Å². The van der Waals surface area contributed by atoms with E-state index in [1.807, 2.05) is 55.4 Å². The Hall–Kier alpha value is -1.74. The van der Waals surface area contributed by atoms with Crippen LogP contribution in [0.2, 0.25) is 0 Å². The molecule has 0 N–H and O–H groups in total. The molecule has 2 unspecified atom stereocenters. The summed E-state index contributed by atoms with van der Waals surface area (Å²) in [5.41, 5.74) is 5.70. The van der Waals surface area contributed by atoms with Crippen molar-refractivity contribution in [1.29, 1.82) is 0 Å². The van der Waals surface area contributed by atoms with Gasteiger partial charge in [0.25, 0.3) is 0 Å². The summed E-state index contributed by atoms with van der Waals surface area (Å²) in [5.74, 6) is 0.740. The number of sulfonamides is 2. The van der Waals surface area contributed by atoms with Crippen LogP contribution < -0.4 is 0 Å². The molecular weight excluding hydrogens is 565 g/mol. The summed E-state index contributed by atoms with van der Waals surface area (Å²) < 4.78 is 60.3. The topological polar surface area (TPSA) is 74.5 Å². The molecule has 8 heteroatoms. The average molecular weight is 617 g/mol. The first-order valence-corrected chi connectivity index (χ1v) is 18.6. The van der Waals surface area contributed by atoms with Crippen molar-refractivity contribution >= 4 is 20.0 Å². The first kappa shape index (κ1) is 33.2. The summed E-state index contributed by atoms with van der Waals surface area (Å²) in [7, 11) is -7.61. The second-order valence-electron chi connectivity index (χ2n) is 14.3. The van der Waals surface area contributed by atoms with Crippen molar-refractivity contribution in [1.82, 2.24) is 8.61 Å². The SMILES string of the molecule is CC(C)c1cc(C(C)C)c(S(=O)(=O)N2CC3C(C2)N3S(=O)(=O)c2c(C(C)C)cc(C(C)C)cc2C(C)C)c(C(C)C)c1. The summed E-state index contributed by atoms with van der Waals surface area (Å²) >= 11 is 0. The van der Waals surface area contributed by atoms with Gasteiger partial charge in [0, 0.05) is 13.1 Å². The Morgan fingerprint density at radius 3 is 1.05 bits per heavy atom. The van der Waals surface area contributed by atoms with Crippen LogP contribution in [0.25, 0.3) is 0 Å².